The summed E-state index contributed by atoms with van der Waals surface area (Å²) in [5, 5.41) is 12.5. The maximum atomic E-state index is 13.4. The molecular formula is C22H26INO5. The van der Waals surface area contributed by atoms with E-state index in [9.17, 15) is 19.5 Å². The minimum Gasteiger partial charge on any atom is -0.480 e. The summed E-state index contributed by atoms with van der Waals surface area (Å²) in [7, 11) is 1.41. The third-order valence-corrected chi connectivity index (χ3v) is 7.84. The molecule has 1 aromatic carbocycles. The lowest BCUT2D eigenvalue weighted by Gasteiger charge is -2.59. The molecule has 0 aromatic heterocycles. The first-order valence-corrected chi connectivity index (χ1v) is 11.2. The van der Waals surface area contributed by atoms with Crippen molar-refractivity contribution in [2.75, 3.05) is 7.11 Å². The maximum Gasteiger partial charge on any atom is 0.326 e. The third kappa shape index (κ3) is 3.78. The Labute approximate surface area is 183 Å². The van der Waals surface area contributed by atoms with Crippen molar-refractivity contribution in [2.24, 2.45) is 22.7 Å². The number of hydrogen-bond acceptors (Lipinski definition) is 4. The number of ether oxygens (including phenoxy) is 1. The Kier molecular flexibility index (Phi) is 5.38. The molecule has 4 fully saturated rings. The van der Waals surface area contributed by atoms with Crippen molar-refractivity contribution in [2.45, 2.75) is 51.0 Å². The van der Waals surface area contributed by atoms with Gasteiger partial charge < -0.3 is 15.2 Å². The summed E-state index contributed by atoms with van der Waals surface area (Å²) in [5.41, 5.74) is -0.363. The molecule has 0 saturated heterocycles. The second kappa shape index (κ2) is 7.56. The van der Waals surface area contributed by atoms with E-state index in [1.807, 2.05) is 24.3 Å². The van der Waals surface area contributed by atoms with Crippen LogP contribution < -0.4 is 5.32 Å². The van der Waals surface area contributed by atoms with Gasteiger partial charge in [0.2, 0.25) is 5.91 Å². The monoisotopic (exact) mass is 511 g/mol. The van der Waals surface area contributed by atoms with E-state index in [4.69, 9.17) is 4.74 Å². The van der Waals surface area contributed by atoms with Crippen LogP contribution in [0.1, 0.15) is 44.1 Å². The molecule has 0 heterocycles. The van der Waals surface area contributed by atoms with Gasteiger partial charge in [0.1, 0.15) is 6.04 Å². The molecule has 0 spiro atoms. The molecule has 4 bridgehead atoms. The van der Waals surface area contributed by atoms with Gasteiger partial charge in [-0.15, -0.1) is 0 Å². The first kappa shape index (κ1) is 20.6. The first-order chi connectivity index (χ1) is 13.7. The van der Waals surface area contributed by atoms with Gasteiger partial charge in [0.15, 0.2) is 0 Å². The Hall–Kier alpha value is -1.64. The van der Waals surface area contributed by atoms with Gasteiger partial charge in [0.25, 0.3) is 0 Å². The molecule has 0 radical (unpaired) electrons. The Morgan fingerprint density at radius 2 is 1.72 bits per heavy atom. The highest BCUT2D eigenvalue weighted by Crippen LogP contribution is 2.65. The van der Waals surface area contributed by atoms with Crippen LogP contribution in [0.15, 0.2) is 24.3 Å². The van der Waals surface area contributed by atoms with Crippen molar-refractivity contribution in [1.82, 2.24) is 5.32 Å². The number of carboxylic acids is 1. The standard InChI is InChI=1S/C22H26INO5/c1-29-20(28)22-10-14-6-15(11-22)9-21(8-14,12-22)19(27)24-17(18(25)26)7-13-2-4-16(23)5-3-13/h2-5,14-15,17H,6-12H2,1H3,(H,24,27)(H,25,26)/t14?,15?,17-,21?,22?/m0/s1. The molecule has 2 N–H and O–H groups in total. The zero-order valence-corrected chi connectivity index (χ0v) is 18.6. The van der Waals surface area contributed by atoms with E-state index in [0.29, 0.717) is 18.3 Å². The van der Waals surface area contributed by atoms with Gasteiger partial charge in [0, 0.05) is 9.99 Å². The number of benzene rings is 1. The number of carbonyl (C=O) groups is 3. The average Bonchev–Trinajstić information content (AvgIpc) is 2.67. The molecule has 2 unspecified atom stereocenters. The van der Waals surface area contributed by atoms with Gasteiger partial charge in [-0.3, -0.25) is 9.59 Å². The lowest BCUT2D eigenvalue weighted by molar-refractivity contribution is -0.182. The summed E-state index contributed by atoms with van der Waals surface area (Å²) < 4.78 is 6.18. The summed E-state index contributed by atoms with van der Waals surface area (Å²) in [6.07, 6.45) is 4.82. The van der Waals surface area contributed by atoms with Crippen LogP contribution >= 0.6 is 22.6 Å². The van der Waals surface area contributed by atoms with Crippen molar-refractivity contribution < 1.29 is 24.2 Å². The number of methoxy groups -OCH3 is 1. The number of rotatable bonds is 6. The van der Waals surface area contributed by atoms with Gasteiger partial charge >= 0.3 is 11.9 Å². The number of amides is 1. The number of esters is 1. The lowest BCUT2D eigenvalue weighted by atomic mass is 9.44. The number of aliphatic carboxylic acids is 1. The van der Waals surface area contributed by atoms with Gasteiger partial charge in [0.05, 0.1) is 17.9 Å². The fourth-order valence-electron chi connectivity index (χ4n) is 6.35. The quantitative estimate of drug-likeness (QED) is 0.453. The van der Waals surface area contributed by atoms with E-state index in [1.54, 1.807) is 0 Å². The smallest absolute Gasteiger partial charge is 0.326 e. The second-order valence-electron chi connectivity index (χ2n) is 9.21. The molecule has 0 aliphatic heterocycles. The topological polar surface area (TPSA) is 92.7 Å². The van der Waals surface area contributed by atoms with Gasteiger partial charge in [-0.1, -0.05) is 12.1 Å². The number of carboxylic acid groups (broad SMARTS) is 1. The Morgan fingerprint density at radius 3 is 2.28 bits per heavy atom. The summed E-state index contributed by atoms with van der Waals surface area (Å²) in [5.74, 6) is -0.791. The van der Waals surface area contributed by atoms with E-state index in [0.717, 1.165) is 41.2 Å². The van der Waals surface area contributed by atoms with Gasteiger partial charge in [-0.25, -0.2) is 4.79 Å². The van der Waals surface area contributed by atoms with E-state index < -0.39 is 22.8 Å². The van der Waals surface area contributed by atoms with Crippen LogP contribution in [0.5, 0.6) is 0 Å². The fourth-order valence-corrected chi connectivity index (χ4v) is 6.71. The second-order valence-corrected chi connectivity index (χ2v) is 10.5. The minimum absolute atomic E-state index is 0.210. The highest BCUT2D eigenvalue weighted by atomic mass is 127. The Morgan fingerprint density at radius 1 is 1.14 bits per heavy atom. The molecule has 156 valence electrons. The number of carbonyl (C=O) groups excluding carboxylic acids is 2. The van der Waals surface area contributed by atoms with Crippen molar-refractivity contribution in [3.8, 4) is 0 Å². The molecule has 5 rings (SSSR count). The molecular weight excluding hydrogens is 485 g/mol. The van der Waals surface area contributed by atoms with Crippen LogP contribution in [0.25, 0.3) is 0 Å². The van der Waals surface area contributed by atoms with Crippen LogP contribution in [0.4, 0.5) is 0 Å². The summed E-state index contributed by atoms with van der Waals surface area (Å²) >= 11 is 2.20. The molecule has 29 heavy (non-hydrogen) atoms. The first-order valence-electron chi connectivity index (χ1n) is 10.1. The van der Waals surface area contributed by atoms with Crippen LogP contribution in [0, 0.1) is 26.2 Å². The summed E-state index contributed by atoms with van der Waals surface area (Å²) in [6, 6.07) is 6.65. The Bertz CT molecular complexity index is 822. The lowest BCUT2D eigenvalue weighted by Crippen LogP contribution is -2.61. The van der Waals surface area contributed by atoms with Crippen molar-refractivity contribution >= 4 is 40.4 Å². The predicted octanol–water partition coefficient (Wildman–Crippen LogP) is 3.16. The zero-order valence-electron chi connectivity index (χ0n) is 16.4. The van der Waals surface area contributed by atoms with Crippen molar-refractivity contribution in [1.29, 1.82) is 0 Å². The van der Waals surface area contributed by atoms with Crippen LogP contribution in [-0.2, 0) is 25.5 Å². The molecule has 7 heteroatoms. The van der Waals surface area contributed by atoms with E-state index in [1.165, 1.54) is 7.11 Å². The SMILES string of the molecule is COC(=O)C12CC3CC(CC(C(=O)N[C@@H](Cc4ccc(I)cc4)C(=O)O)(C3)C1)C2. The molecule has 3 atom stereocenters. The predicted molar refractivity (Wildman–Crippen MR) is 114 cm³/mol. The van der Waals surface area contributed by atoms with E-state index >= 15 is 0 Å². The zero-order chi connectivity index (χ0) is 20.8. The molecule has 4 aliphatic carbocycles. The normalized spacial score (nSPS) is 33.2. The van der Waals surface area contributed by atoms with E-state index in [-0.39, 0.29) is 18.3 Å². The highest BCUT2D eigenvalue weighted by molar-refractivity contribution is 14.1. The molecule has 6 nitrogen and oxygen atoms in total. The van der Waals surface area contributed by atoms with E-state index in [2.05, 4.69) is 27.9 Å². The van der Waals surface area contributed by atoms with Crippen LogP contribution in [0.3, 0.4) is 0 Å². The number of nitrogens with one attached hydrogen (secondary N) is 1. The summed E-state index contributed by atoms with van der Waals surface area (Å²) in [6.45, 7) is 0. The number of hydrogen-bond donors (Lipinski definition) is 2. The van der Waals surface area contributed by atoms with Crippen molar-refractivity contribution in [3.05, 3.63) is 33.4 Å². The molecule has 1 amide bonds. The largest absolute Gasteiger partial charge is 0.480 e. The summed E-state index contributed by atoms with van der Waals surface area (Å²) in [4.78, 5) is 37.8. The van der Waals surface area contributed by atoms with Crippen LogP contribution in [0.2, 0.25) is 0 Å². The fraction of sp³-hybridized carbons (Fsp3) is 0.591. The molecule has 1 aromatic rings. The van der Waals surface area contributed by atoms with Crippen molar-refractivity contribution in [3.63, 3.8) is 0 Å². The minimum atomic E-state index is -1.04. The third-order valence-electron chi connectivity index (χ3n) is 7.12. The Balaban J connectivity index is 1.54. The maximum absolute atomic E-state index is 13.4. The molecule has 4 saturated carbocycles. The number of halogens is 1. The average molecular weight is 511 g/mol. The van der Waals surface area contributed by atoms with Gasteiger partial charge in [-0.05, 0) is 90.6 Å². The van der Waals surface area contributed by atoms with Gasteiger partial charge in [-0.2, -0.15) is 0 Å². The molecule has 4 aliphatic rings. The highest BCUT2D eigenvalue weighted by Gasteiger charge is 2.63. The van der Waals surface area contributed by atoms with Crippen LogP contribution in [-0.4, -0.2) is 36.1 Å².